The van der Waals surface area contributed by atoms with E-state index in [-0.39, 0.29) is 16.8 Å². The van der Waals surface area contributed by atoms with Gasteiger partial charge in [-0.2, -0.15) is 0 Å². The van der Waals surface area contributed by atoms with Crippen molar-refractivity contribution in [3.05, 3.63) is 89.4 Å². The van der Waals surface area contributed by atoms with Gasteiger partial charge in [-0.3, -0.25) is 4.79 Å². The molecule has 1 amide bonds. The average Bonchev–Trinajstić information content (AvgIpc) is 3.46. The topological polar surface area (TPSA) is 97.6 Å². The fraction of sp³-hybridized carbons (Fsp3) is 0.320. The quantitative estimate of drug-likeness (QED) is 0.423. The number of hydrogen-bond donors (Lipinski definition) is 2. The van der Waals surface area contributed by atoms with E-state index in [1.54, 1.807) is 30.5 Å². The molecular weight excluding hydrogens is 440 g/mol. The molecule has 0 atom stereocenters. The maximum atomic E-state index is 12.3. The van der Waals surface area contributed by atoms with Crippen LogP contribution in [0.3, 0.4) is 0 Å². The molecule has 0 aliphatic heterocycles. The molecule has 0 radical (unpaired) electrons. The van der Waals surface area contributed by atoms with Crippen LogP contribution in [0.4, 0.5) is 0 Å². The van der Waals surface area contributed by atoms with Crippen LogP contribution >= 0.6 is 0 Å². The molecule has 1 aliphatic rings. The van der Waals surface area contributed by atoms with Crippen molar-refractivity contribution in [3.8, 4) is 0 Å². The Hall–Kier alpha value is -2.94. The van der Waals surface area contributed by atoms with Crippen molar-refractivity contribution < 1.29 is 22.4 Å². The maximum absolute atomic E-state index is 12.3. The lowest BCUT2D eigenvalue weighted by Gasteiger charge is -2.09. The van der Waals surface area contributed by atoms with E-state index in [2.05, 4.69) is 10.0 Å². The normalized spacial score (nSPS) is 13.7. The number of sulfonamides is 1. The van der Waals surface area contributed by atoms with Crippen LogP contribution in [0.25, 0.3) is 0 Å². The summed E-state index contributed by atoms with van der Waals surface area (Å²) in [6.07, 6.45) is 4.29. The number of benzene rings is 2. The molecule has 0 spiro atoms. The van der Waals surface area contributed by atoms with Gasteiger partial charge in [-0.15, -0.1) is 0 Å². The lowest BCUT2D eigenvalue weighted by atomic mass is 10.1. The van der Waals surface area contributed by atoms with Crippen molar-refractivity contribution in [1.29, 1.82) is 0 Å². The highest BCUT2D eigenvalue weighted by Gasteiger charge is 2.27. The maximum Gasteiger partial charge on any atom is 0.240 e. The Morgan fingerprint density at radius 1 is 0.970 bits per heavy atom. The monoisotopic (exact) mass is 468 g/mol. The van der Waals surface area contributed by atoms with Crippen molar-refractivity contribution in [2.24, 2.45) is 0 Å². The van der Waals surface area contributed by atoms with E-state index < -0.39 is 10.0 Å². The predicted octanol–water partition coefficient (Wildman–Crippen LogP) is 3.69. The molecule has 33 heavy (non-hydrogen) atoms. The van der Waals surface area contributed by atoms with Gasteiger partial charge in [0.1, 0.15) is 12.4 Å². The van der Waals surface area contributed by atoms with E-state index >= 15 is 0 Å². The summed E-state index contributed by atoms with van der Waals surface area (Å²) in [4.78, 5) is 12.5. The first-order valence-corrected chi connectivity index (χ1v) is 12.5. The molecule has 4 rings (SSSR count). The standard InChI is InChI=1S/C25H28N2O5S/c28-25(13-8-19-6-11-24(12-7-19)33(29,30)27-22-9-10-22)26-16-20-3-1-4-21(15-20)17-31-18-23-5-2-14-32-23/h1-7,11-12,14-15,22,27H,8-10,13,16-18H2,(H,26,28). The third kappa shape index (κ3) is 7.28. The van der Waals surface area contributed by atoms with Gasteiger partial charge in [0.2, 0.25) is 15.9 Å². The van der Waals surface area contributed by atoms with Gasteiger partial charge in [0.05, 0.1) is 17.8 Å². The summed E-state index contributed by atoms with van der Waals surface area (Å²) in [5.41, 5.74) is 2.95. The summed E-state index contributed by atoms with van der Waals surface area (Å²) in [7, 11) is -3.45. The molecule has 0 unspecified atom stereocenters. The first kappa shape index (κ1) is 23.2. The SMILES string of the molecule is O=C(CCc1ccc(S(=O)(=O)NC2CC2)cc1)NCc1cccc(COCc2ccco2)c1. The molecule has 2 N–H and O–H groups in total. The number of carbonyl (C=O) groups excluding carboxylic acids is 1. The van der Waals surface area contributed by atoms with E-state index in [9.17, 15) is 13.2 Å². The Labute approximate surface area is 194 Å². The third-order valence-electron chi connectivity index (χ3n) is 5.35. The first-order valence-electron chi connectivity index (χ1n) is 11.0. The Bertz CT molecular complexity index is 1150. The molecule has 0 saturated heterocycles. The smallest absolute Gasteiger partial charge is 0.240 e. The van der Waals surface area contributed by atoms with Crippen LogP contribution < -0.4 is 10.0 Å². The first-order chi connectivity index (χ1) is 16.0. The summed E-state index contributed by atoms with van der Waals surface area (Å²) in [5.74, 6) is 0.728. The van der Waals surface area contributed by atoms with Gasteiger partial charge in [-0.1, -0.05) is 36.4 Å². The van der Waals surface area contributed by atoms with E-state index in [1.165, 1.54) is 0 Å². The Morgan fingerprint density at radius 2 is 1.76 bits per heavy atom. The van der Waals surface area contributed by atoms with Crippen LogP contribution in [0.1, 0.15) is 41.7 Å². The molecular formula is C25H28N2O5S. The molecule has 2 aromatic carbocycles. The highest BCUT2D eigenvalue weighted by atomic mass is 32.2. The van der Waals surface area contributed by atoms with Crippen LogP contribution in [0.2, 0.25) is 0 Å². The van der Waals surface area contributed by atoms with E-state index in [1.807, 2.05) is 36.4 Å². The Balaban J connectivity index is 1.19. The molecule has 1 fully saturated rings. The average molecular weight is 469 g/mol. The highest BCUT2D eigenvalue weighted by Crippen LogP contribution is 2.22. The second kappa shape index (κ2) is 10.8. The van der Waals surface area contributed by atoms with E-state index in [4.69, 9.17) is 9.15 Å². The second-order valence-corrected chi connectivity index (χ2v) is 9.92. The number of aryl methyl sites for hydroxylation is 1. The van der Waals surface area contributed by atoms with Crippen molar-refractivity contribution >= 4 is 15.9 Å². The number of rotatable bonds is 12. The molecule has 1 aromatic heterocycles. The summed E-state index contributed by atoms with van der Waals surface area (Å²) in [6, 6.07) is 18.4. The predicted molar refractivity (Wildman–Crippen MR) is 124 cm³/mol. The molecule has 0 bridgehead atoms. The molecule has 8 heteroatoms. The largest absolute Gasteiger partial charge is 0.467 e. The van der Waals surface area contributed by atoms with Crippen molar-refractivity contribution in [2.45, 2.75) is 56.4 Å². The zero-order chi connectivity index (χ0) is 23.1. The number of hydrogen-bond acceptors (Lipinski definition) is 5. The number of furan rings is 1. The van der Waals surface area contributed by atoms with Crippen LogP contribution in [0.15, 0.2) is 76.2 Å². The molecule has 7 nitrogen and oxygen atoms in total. The Kier molecular flexibility index (Phi) is 7.59. The fourth-order valence-electron chi connectivity index (χ4n) is 3.36. The molecule has 3 aromatic rings. The van der Waals surface area contributed by atoms with E-state index in [0.29, 0.717) is 32.6 Å². The Morgan fingerprint density at radius 3 is 2.48 bits per heavy atom. The van der Waals surface area contributed by atoms with Crippen LogP contribution in [0, 0.1) is 0 Å². The zero-order valence-electron chi connectivity index (χ0n) is 18.3. The third-order valence-corrected chi connectivity index (χ3v) is 6.88. The molecule has 1 saturated carbocycles. The van der Waals surface area contributed by atoms with Crippen LogP contribution in [-0.2, 0) is 45.7 Å². The number of nitrogens with one attached hydrogen (secondary N) is 2. The fourth-order valence-corrected chi connectivity index (χ4v) is 4.67. The van der Waals surface area contributed by atoms with Crippen molar-refractivity contribution in [1.82, 2.24) is 10.0 Å². The van der Waals surface area contributed by atoms with Gasteiger partial charge in [0.15, 0.2) is 0 Å². The zero-order valence-corrected chi connectivity index (χ0v) is 19.1. The van der Waals surface area contributed by atoms with Crippen molar-refractivity contribution in [3.63, 3.8) is 0 Å². The summed E-state index contributed by atoms with van der Waals surface area (Å²) >= 11 is 0. The second-order valence-electron chi connectivity index (χ2n) is 8.21. The van der Waals surface area contributed by atoms with Crippen LogP contribution in [0.5, 0.6) is 0 Å². The minimum absolute atomic E-state index is 0.0541. The van der Waals surface area contributed by atoms with Gasteiger partial charge in [-0.25, -0.2) is 13.1 Å². The summed E-state index contributed by atoms with van der Waals surface area (Å²) < 4.78 is 38.0. The van der Waals surface area contributed by atoms with E-state index in [0.717, 1.165) is 35.3 Å². The minimum atomic E-state index is -3.45. The van der Waals surface area contributed by atoms with Gasteiger partial charge in [0, 0.05) is 19.0 Å². The van der Waals surface area contributed by atoms with Crippen LogP contribution in [-0.4, -0.2) is 20.4 Å². The van der Waals surface area contributed by atoms with Crippen molar-refractivity contribution in [2.75, 3.05) is 0 Å². The van der Waals surface area contributed by atoms with Gasteiger partial charge < -0.3 is 14.5 Å². The number of amides is 1. The lowest BCUT2D eigenvalue weighted by Crippen LogP contribution is -2.25. The molecule has 174 valence electrons. The minimum Gasteiger partial charge on any atom is -0.467 e. The molecule has 1 heterocycles. The van der Waals surface area contributed by atoms with Gasteiger partial charge in [-0.05, 0) is 60.2 Å². The lowest BCUT2D eigenvalue weighted by molar-refractivity contribution is -0.121. The van der Waals surface area contributed by atoms with Gasteiger partial charge >= 0.3 is 0 Å². The molecule has 1 aliphatic carbocycles. The number of ether oxygens (including phenoxy) is 1. The number of carbonyl (C=O) groups is 1. The highest BCUT2D eigenvalue weighted by molar-refractivity contribution is 7.89. The summed E-state index contributed by atoms with van der Waals surface area (Å²) in [6.45, 7) is 1.32. The summed E-state index contributed by atoms with van der Waals surface area (Å²) in [5, 5.41) is 2.94. The van der Waals surface area contributed by atoms with Gasteiger partial charge in [0.25, 0.3) is 0 Å².